The predicted molar refractivity (Wildman–Crippen MR) is 85.9 cm³/mol. The van der Waals surface area contributed by atoms with Crippen molar-refractivity contribution in [2.24, 2.45) is 5.92 Å². The van der Waals surface area contributed by atoms with Crippen LogP contribution in [0.4, 0.5) is 5.69 Å². The smallest absolute Gasteiger partial charge is 0.282 e. The van der Waals surface area contributed by atoms with Gasteiger partial charge in [-0.1, -0.05) is 19.1 Å². The van der Waals surface area contributed by atoms with E-state index in [1.807, 2.05) is 25.1 Å². The molecule has 0 radical (unpaired) electrons. The molecule has 5 nitrogen and oxygen atoms in total. The third kappa shape index (κ3) is 3.56. The fourth-order valence-electron chi connectivity index (χ4n) is 2.63. The molecule has 1 fully saturated rings. The van der Waals surface area contributed by atoms with Crippen LogP contribution in [-0.2, 0) is 10.2 Å². The van der Waals surface area contributed by atoms with Gasteiger partial charge in [-0.15, -0.1) is 0 Å². The fourth-order valence-corrected chi connectivity index (χ4v) is 4.18. The molecule has 0 amide bonds. The van der Waals surface area contributed by atoms with Crippen molar-refractivity contribution >= 4 is 15.9 Å². The minimum Gasteiger partial charge on any atom is -0.399 e. The molecule has 1 heterocycles. The van der Waals surface area contributed by atoms with Crippen molar-refractivity contribution in [3.05, 3.63) is 29.8 Å². The van der Waals surface area contributed by atoms with Gasteiger partial charge in [0.05, 0.1) is 0 Å². The van der Waals surface area contributed by atoms with E-state index >= 15 is 0 Å². The maximum atomic E-state index is 12.7. The standard InChI is InChI=1S/C15H25N3O2S/c1-12-7-9-18(10-8-12)21(19,20)17(3)13(2)14-5-4-6-15(16)11-14/h4-6,11-13H,7-10,16H2,1-3H3. The lowest BCUT2D eigenvalue weighted by Gasteiger charge is -2.34. The summed E-state index contributed by atoms with van der Waals surface area (Å²) in [6.45, 7) is 5.27. The summed E-state index contributed by atoms with van der Waals surface area (Å²) in [4.78, 5) is 0. The second-order valence-corrected chi connectivity index (χ2v) is 7.94. The highest BCUT2D eigenvalue weighted by Gasteiger charge is 2.32. The van der Waals surface area contributed by atoms with Crippen LogP contribution in [0, 0.1) is 5.92 Å². The number of hydrogen-bond acceptors (Lipinski definition) is 3. The van der Waals surface area contributed by atoms with E-state index in [4.69, 9.17) is 5.73 Å². The molecule has 1 atom stereocenters. The van der Waals surface area contributed by atoms with Gasteiger partial charge < -0.3 is 5.73 Å². The highest BCUT2D eigenvalue weighted by atomic mass is 32.2. The Bertz CT molecular complexity index is 580. The first-order valence-electron chi connectivity index (χ1n) is 7.41. The Balaban J connectivity index is 2.16. The van der Waals surface area contributed by atoms with Gasteiger partial charge in [0, 0.05) is 31.9 Å². The summed E-state index contributed by atoms with van der Waals surface area (Å²) in [5, 5.41) is 0. The SMILES string of the molecule is CC1CCN(S(=O)(=O)N(C)C(C)c2cccc(N)c2)CC1. The highest BCUT2D eigenvalue weighted by molar-refractivity contribution is 7.86. The normalized spacial score (nSPS) is 19.8. The molecule has 0 bridgehead atoms. The van der Waals surface area contributed by atoms with Crippen LogP contribution in [0.2, 0.25) is 0 Å². The molecule has 2 rings (SSSR count). The third-order valence-electron chi connectivity index (χ3n) is 4.37. The molecule has 1 saturated heterocycles. The fraction of sp³-hybridized carbons (Fsp3) is 0.600. The van der Waals surface area contributed by atoms with E-state index in [9.17, 15) is 8.42 Å². The first kappa shape index (κ1) is 16.3. The predicted octanol–water partition coefficient (Wildman–Crippen LogP) is 2.24. The van der Waals surface area contributed by atoms with Gasteiger partial charge in [0.15, 0.2) is 0 Å². The van der Waals surface area contributed by atoms with Crippen molar-refractivity contribution in [1.29, 1.82) is 0 Å². The zero-order valence-corrected chi connectivity index (χ0v) is 13.8. The summed E-state index contributed by atoms with van der Waals surface area (Å²) in [6, 6.07) is 7.15. The molecule has 118 valence electrons. The van der Waals surface area contributed by atoms with Crippen molar-refractivity contribution in [3.8, 4) is 0 Å². The number of piperidine rings is 1. The summed E-state index contributed by atoms with van der Waals surface area (Å²) >= 11 is 0. The molecule has 1 unspecified atom stereocenters. The second-order valence-electron chi connectivity index (χ2n) is 5.95. The van der Waals surface area contributed by atoms with E-state index in [0.29, 0.717) is 24.7 Å². The third-order valence-corrected chi connectivity index (χ3v) is 6.43. The van der Waals surface area contributed by atoms with Crippen LogP contribution in [0.3, 0.4) is 0 Å². The largest absolute Gasteiger partial charge is 0.399 e. The number of rotatable bonds is 4. The number of nitrogens with two attached hydrogens (primary N) is 1. The monoisotopic (exact) mass is 311 g/mol. The molecule has 6 heteroatoms. The Morgan fingerprint density at radius 1 is 1.33 bits per heavy atom. The molecule has 21 heavy (non-hydrogen) atoms. The quantitative estimate of drug-likeness (QED) is 0.867. The zero-order chi connectivity index (χ0) is 15.6. The van der Waals surface area contributed by atoms with Gasteiger partial charge in [-0.25, -0.2) is 0 Å². The van der Waals surface area contributed by atoms with E-state index in [0.717, 1.165) is 18.4 Å². The number of nitrogens with zero attached hydrogens (tertiary/aromatic N) is 2. The second kappa shape index (κ2) is 6.34. The van der Waals surface area contributed by atoms with Crippen LogP contribution in [0.15, 0.2) is 24.3 Å². The van der Waals surface area contributed by atoms with Crippen LogP contribution in [0.5, 0.6) is 0 Å². The van der Waals surface area contributed by atoms with E-state index in [1.165, 1.54) is 4.31 Å². The van der Waals surface area contributed by atoms with Crippen LogP contribution < -0.4 is 5.73 Å². The minimum absolute atomic E-state index is 0.238. The summed E-state index contributed by atoms with van der Waals surface area (Å²) in [7, 11) is -1.78. The number of nitrogen functional groups attached to an aromatic ring is 1. The molecular formula is C15H25N3O2S. The highest BCUT2D eigenvalue weighted by Crippen LogP contribution is 2.27. The Morgan fingerprint density at radius 2 is 1.95 bits per heavy atom. The summed E-state index contributed by atoms with van der Waals surface area (Å²) in [5.74, 6) is 0.605. The average molecular weight is 311 g/mol. The van der Waals surface area contributed by atoms with Crippen LogP contribution in [-0.4, -0.2) is 37.2 Å². The first-order valence-corrected chi connectivity index (χ1v) is 8.80. The van der Waals surface area contributed by atoms with Crippen molar-refractivity contribution in [2.45, 2.75) is 32.7 Å². The van der Waals surface area contributed by atoms with E-state index in [1.54, 1.807) is 17.4 Å². The first-order chi connectivity index (χ1) is 9.82. The summed E-state index contributed by atoms with van der Waals surface area (Å²) in [6.07, 6.45) is 1.86. The lowest BCUT2D eigenvalue weighted by molar-refractivity contribution is 0.261. The molecule has 1 aromatic rings. The Kier molecular flexibility index (Phi) is 4.91. The topological polar surface area (TPSA) is 66.6 Å². The molecule has 0 spiro atoms. The van der Waals surface area contributed by atoms with E-state index < -0.39 is 10.2 Å². The van der Waals surface area contributed by atoms with Gasteiger partial charge in [0.25, 0.3) is 10.2 Å². The summed E-state index contributed by atoms with van der Waals surface area (Å²) in [5.41, 5.74) is 7.34. The average Bonchev–Trinajstić information content (AvgIpc) is 2.46. The molecule has 1 aliphatic heterocycles. The van der Waals surface area contributed by atoms with Gasteiger partial charge in [-0.05, 0) is 43.4 Å². The molecular weight excluding hydrogens is 286 g/mol. The lowest BCUT2D eigenvalue weighted by Crippen LogP contribution is -2.46. The maximum Gasteiger partial charge on any atom is 0.282 e. The van der Waals surface area contributed by atoms with Gasteiger partial charge in [0.2, 0.25) is 0 Å². The van der Waals surface area contributed by atoms with Gasteiger partial charge in [0.1, 0.15) is 0 Å². The van der Waals surface area contributed by atoms with Crippen molar-refractivity contribution in [3.63, 3.8) is 0 Å². The van der Waals surface area contributed by atoms with Crippen molar-refractivity contribution in [2.75, 3.05) is 25.9 Å². The maximum absolute atomic E-state index is 12.7. The molecule has 2 N–H and O–H groups in total. The van der Waals surface area contributed by atoms with Crippen LogP contribution in [0.25, 0.3) is 0 Å². The molecule has 0 saturated carbocycles. The van der Waals surface area contributed by atoms with Gasteiger partial charge in [-0.3, -0.25) is 0 Å². The van der Waals surface area contributed by atoms with E-state index in [2.05, 4.69) is 6.92 Å². The molecule has 0 aromatic heterocycles. The molecule has 0 aliphatic carbocycles. The van der Waals surface area contributed by atoms with E-state index in [-0.39, 0.29) is 6.04 Å². The molecule has 1 aromatic carbocycles. The van der Waals surface area contributed by atoms with Gasteiger partial charge >= 0.3 is 0 Å². The number of hydrogen-bond donors (Lipinski definition) is 1. The van der Waals surface area contributed by atoms with Gasteiger partial charge in [-0.2, -0.15) is 17.0 Å². The Hall–Kier alpha value is -1.11. The molecule has 1 aliphatic rings. The number of benzene rings is 1. The Morgan fingerprint density at radius 3 is 2.52 bits per heavy atom. The minimum atomic E-state index is -3.42. The van der Waals surface area contributed by atoms with Crippen molar-refractivity contribution < 1.29 is 8.42 Å². The summed E-state index contributed by atoms with van der Waals surface area (Å²) < 4.78 is 28.5. The van der Waals surface area contributed by atoms with Crippen molar-refractivity contribution in [1.82, 2.24) is 8.61 Å². The van der Waals surface area contributed by atoms with Crippen LogP contribution >= 0.6 is 0 Å². The van der Waals surface area contributed by atoms with Crippen LogP contribution in [0.1, 0.15) is 38.3 Å². The lowest BCUT2D eigenvalue weighted by atomic mass is 10.0. The zero-order valence-electron chi connectivity index (χ0n) is 13.0. The number of anilines is 1. The Labute approximate surface area is 127 Å².